The number of nitro benzene ring substituents is 1. The number of hydrogen-bond acceptors (Lipinski definition) is 4. The van der Waals surface area contributed by atoms with Crippen LogP contribution in [0, 0.1) is 34.3 Å². The van der Waals surface area contributed by atoms with Crippen LogP contribution in [0.2, 0.25) is 0 Å². The molecule has 0 saturated heterocycles. The van der Waals surface area contributed by atoms with Crippen molar-refractivity contribution < 1.29 is 9.72 Å². The van der Waals surface area contributed by atoms with Gasteiger partial charge in [-0.2, -0.15) is 5.26 Å². The first-order valence-electron chi connectivity index (χ1n) is 5.39. The second-order valence-electron chi connectivity index (χ2n) is 3.97. The van der Waals surface area contributed by atoms with Crippen LogP contribution in [-0.4, -0.2) is 17.4 Å². The molecular formula is C12H13N3O3. The van der Waals surface area contributed by atoms with Gasteiger partial charge in [0.1, 0.15) is 5.56 Å². The van der Waals surface area contributed by atoms with E-state index in [1.807, 2.05) is 6.07 Å². The molecule has 1 amide bonds. The van der Waals surface area contributed by atoms with Crippen LogP contribution in [0.5, 0.6) is 0 Å². The van der Waals surface area contributed by atoms with E-state index in [0.717, 1.165) is 0 Å². The number of aryl methyl sites for hydroxylation is 1. The van der Waals surface area contributed by atoms with Crippen LogP contribution in [0.3, 0.4) is 0 Å². The maximum absolute atomic E-state index is 11.8. The standard InChI is InChI=1S/C12H13N3O3/c1-8(6-13)7-14-12(16)10-5-3-4-9(2)11(10)15(17)18/h3-5,8H,7H2,1-2H3,(H,14,16). The molecule has 0 heterocycles. The number of nitrogens with one attached hydrogen (secondary N) is 1. The molecule has 6 heteroatoms. The summed E-state index contributed by atoms with van der Waals surface area (Å²) in [7, 11) is 0. The molecule has 0 aromatic heterocycles. The minimum absolute atomic E-state index is 0.0186. The predicted molar refractivity (Wildman–Crippen MR) is 64.9 cm³/mol. The number of carbonyl (C=O) groups excluding carboxylic acids is 1. The number of benzene rings is 1. The van der Waals surface area contributed by atoms with Gasteiger partial charge in [-0.05, 0) is 19.9 Å². The Bertz CT molecular complexity index is 520. The molecule has 1 aromatic rings. The lowest BCUT2D eigenvalue weighted by atomic mass is 10.1. The molecule has 94 valence electrons. The third-order valence-electron chi connectivity index (χ3n) is 2.45. The summed E-state index contributed by atoms with van der Waals surface area (Å²) < 4.78 is 0. The number of rotatable bonds is 4. The zero-order chi connectivity index (χ0) is 13.7. The lowest BCUT2D eigenvalue weighted by Crippen LogP contribution is -2.28. The Morgan fingerprint density at radius 1 is 1.61 bits per heavy atom. The molecule has 0 saturated carbocycles. The molecule has 1 rings (SSSR count). The highest BCUT2D eigenvalue weighted by Crippen LogP contribution is 2.22. The minimum atomic E-state index is -0.571. The van der Waals surface area contributed by atoms with Crippen molar-refractivity contribution in [2.24, 2.45) is 5.92 Å². The monoisotopic (exact) mass is 247 g/mol. The molecule has 0 spiro atoms. The van der Waals surface area contributed by atoms with Crippen molar-refractivity contribution in [1.29, 1.82) is 5.26 Å². The fourth-order valence-electron chi connectivity index (χ4n) is 1.47. The second-order valence-corrected chi connectivity index (χ2v) is 3.97. The van der Waals surface area contributed by atoms with Crippen molar-refractivity contribution in [2.75, 3.05) is 6.54 Å². The highest BCUT2D eigenvalue weighted by atomic mass is 16.6. The maximum atomic E-state index is 11.8. The number of para-hydroxylation sites is 1. The molecule has 0 fully saturated rings. The van der Waals surface area contributed by atoms with Gasteiger partial charge in [-0.15, -0.1) is 0 Å². The van der Waals surface area contributed by atoms with Gasteiger partial charge in [0.05, 0.1) is 16.9 Å². The Morgan fingerprint density at radius 3 is 2.83 bits per heavy atom. The highest BCUT2D eigenvalue weighted by Gasteiger charge is 2.22. The van der Waals surface area contributed by atoms with Gasteiger partial charge in [0.25, 0.3) is 11.6 Å². The normalized spacial score (nSPS) is 11.4. The Kier molecular flexibility index (Phi) is 4.38. The molecule has 1 aromatic carbocycles. The maximum Gasteiger partial charge on any atom is 0.285 e. The third-order valence-corrected chi connectivity index (χ3v) is 2.45. The highest BCUT2D eigenvalue weighted by molar-refractivity contribution is 5.98. The Morgan fingerprint density at radius 2 is 2.28 bits per heavy atom. The van der Waals surface area contributed by atoms with Crippen molar-refractivity contribution in [1.82, 2.24) is 5.32 Å². The molecule has 0 bridgehead atoms. The largest absolute Gasteiger partial charge is 0.351 e. The van der Waals surface area contributed by atoms with Gasteiger partial charge in [-0.1, -0.05) is 12.1 Å². The van der Waals surface area contributed by atoms with E-state index in [1.54, 1.807) is 26.0 Å². The van der Waals surface area contributed by atoms with Crippen LogP contribution in [0.25, 0.3) is 0 Å². The van der Waals surface area contributed by atoms with Crippen LogP contribution in [0.15, 0.2) is 18.2 Å². The van der Waals surface area contributed by atoms with E-state index in [0.29, 0.717) is 5.56 Å². The molecule has 6 nitrogen and oxygen atoms in total. The summed E-state index contributed by atoms with van der Waals surface area (Å²) >= 11 is 0. The van der Waals surface area contributed by atoms with Crippen LogP contribution < -0.4 is 5.32 Å². The Balaban J connectivity index is 2.96. The summed E-state index contributed by atoms with van der Waals surface area (Å²) in [4.78, 5) is 22.2. The molecule has 1 unspecified atom stereocenters. The van der Waals surface area contributed by atoms with Crippen molar-refractivity contribution >= 4 is 11.6 Å². The third kappa shape index (κ3) is 3.04. The van der Waals surface area contributed by atoms with Crippen molar-refractivity contribution in [3.63, 3.8) is 0 Å². The summed E-state index contributed by atoms with van der Waals surface area (Å²) in [6.07, 6.45) is 0. The summed E-state index contributed by atoms with van der Waals surface area (Å²) in [6, 6.07) is 6.54. The summed E-state index contributed by atoms with van der Waals surface area (Å²) in [5.41, 5.74) is 0.255. The zero-order valence-electron chi connectivity index (χ0n) is 10.1. The first kappa shape index (κ1) is 13.6. The van der Waals surface area contributed by atoms with Crippen molar-refractivity contribution in [3.05, 3.63) is 39.4 Å². The first-order chi connectivity index (χ1) is 8.47. The van der Waals surface area contributed by atoms with E-state index in [-0.39, 0.29) is 23.7 Å². The zero-order valence-corrected chi connectivity index (χ0v) is 10.1. The number of nitrogens with zero attached hydrogens (tertiary/aromatic N) is 2. The Hall–Kier alpha value is -2.42. The topological polar surface area (TPSA) is 96.0 Å². The second kappa shape index (κ2) is 5.77. The van der Waals surface area contributed by atoms with Gasteiger partial charge in [0.15, 0.2) is 0 Å². The van der Waals surface area contributed by atoms with E-state index < -0.39 is 10.8 Å². The fraction of sp³-hybridized carbons (Fsp3) is 0.333. The minimum Gasteiger partial charge on any atom is -0.351 e. The molecule has 1 atom stereocenters. The molecule has 18 heavy (non-hydrogen) atoms. The van der Waals surface area contributed by atoms with E-state index in [4.69, 9.17) is 5.26 Å². The molecule has 0 aliphatic rings. The SMILES string of the molecule is Cc1cccc(C(=O)NCC(C)C#N)c1[N+](=O)[O-]. The smallest absolute Gasteiger partial charge is 0.285 e. The van der Waals surface area contributed by atoms with Gasteiger partial charge in [-0.3, -0.25) is 14.9 Å². The van der Waals surface area contributed by atoms with E-state index in [9.17, 15) is 14.9 Å². The molecule has 0 radical (unpaired) electrons. The van der Waals surface area contributed by atoms with Crippen LogP contribution in [0.4, 0.5) is 5.69 Å². The first-order valence-corrected chi connectivity index (χ1v) is 5.39. The number of hydrogen-bond donors (Lipinski definition) is 1. The van der Waals surface area contributed by atoms with Crippen molar-refractivity contribution in [2.45, 2.75) is 13.8 Å². The van der Waals surface area contributed by atoms with E-state index >= 15 is 0 Å². The number of amides is 1. The Labute approximate surface area is 104 Å². The predicted octanol–water partition coefficient (Wildman–Crippen LogP) is 1.79. The molecule has 0 aliphatic carbocycles. The van der Waals surface area contributed by atoms with Gasteiger partial charge in [0, 0.05) is 12.1 Å². The van der Waals surface area contributed by atoms with E-state index in [2.05, 4.69) is 5.32 Å². The average molecular weight is 247 g/mol. The fourth-order valence-corrected chi connectivity index (χ4v) is 1.47. The quantitative estimate of drug-likeness (QED) is 0.648. The lowest BCUT2D eigenvalue weighted by molar-refractivity contribution is -0.385. The summed E-state index contributed by atoms with van der Waals surface area (Å²) in [5, 5.41) is 22.0. The van der Waals surface area contributed by atoms with Crippen LogP contribution in [-0.2, 0) is 0 Å². The number of carbonyl (C=O) groups is 1. The van der Waals surface area contributed by atoms with Gasteiger partial charge in [-0.25, -0.2) is 0 Å². The van der Waals surface area contributed by atoms with Crippen LogP contribution >= 0.6 is 0 Å². The van der Waals surface area contributed by atoms with E-state index in [1.165, 1.54) is 6.07 Å². The van der Waals surface area contributed by atoms with Gasteiger partial charge in [0.2, 0.25) is 0 Å². The number of nitro groups is 1. The van der Waals surface area contributed by atoms with Crippen molar-refractivity contribution in [3.8, 4) is 6.07 Å². The summed E-state index contributed by atoms with van der Waals surface area (Å²) in [5.74, 6) is -0.870. The van der Waals surface area contributed by atoms with Gasteiger partial charge >= 0.3 is 0 Å². The molecule has 1 N–H and O–H groups in total. The van der Waals surface area contributed by atoms with Gasteiger partial charge < -0.3 is 5.32 Å². The average Bonchev–Trinajstić information content (AvgIpc) is 2.34. The summed E-state index contributed by atoms with van der Waals surface area (Å²) in [6.45, 7) is 3.40. The lowest BCUT2D eigenvalue weighted by Gasteiger charge is -2.07. The molecular weight excluding hydrogens is 234 g/mol. The molecule has 0 aliphatic heterocycles. The number of nitriles is 1. The van der Waals surface area contributed by atoms with Crippen LogP contribution in [0.1, 0.15) is 22.8 Å².